The number of guanidine groups is 1. The summed E-state index contributed by atoms with van der Waals surface area (Å²) >= 11 is 0. The lowest BCUT2D eigenvalue weighted by molar-refractivity contribution is -0.131. The van der Waals surface area contributed by atoms with E-state index in [2.05, 4.69) is 20.5 Å². The zero-order valence-corrected chi connectivity index (χ0v) is 21.0. The summed E-state index contributed by atoms with van der Waals surface area (Å²) in [6.07, 6.45) is 2.49. The molecule has 10 heteroatoms. The highest BCUT2D eigenvalue weighted by Gasteiger charge is 2.21. The van der Waals surface area contributed by atoms with E-state index >= 15 is 0 Å². The smallest absolute Gasteiger partial charge is 0.244 e. The topological polar surface area (TPSA) is 80.3 Å². The Balaban J connectivity index is 0.00000363. The van der Waals surface area contributed by atoms with Crippen LogP contribution < -0.4 is 15.5 Å². The van der Waals surface area contributed by atoms with Crippen molar-refractivity contribution in [2.75, 3.05) is 63.8 Å². The Morgan fingerprint density at radius 2 is 1.56 bits per heavy atom. The molecule has 2 saturated heterocycles. The number of hydrogen-bond acceptors (Lipinski definition) is 4. The van der Waals surface area contributed by atoms with Gasteiger partial charge in [-0.05, 0) is 44.0 Å². The Kier molecular flexibility index (Phi) is 11.0. The van der Waals surface area contributed by atoms with Gasteiger partial charge in [-0.15, -0.1) is 24.0 Å². The van der Waals surface area contributed by atoms with Crippen LogP contribution >= 0.6 is 24.0 Å². The summed E-state index contributed by atoms with van der Waals surface area (Å²) in [5.74, 6) is 0.454. The van der Waals surface area contributed by atoms with Gasteiger partial charge in [-0.1, -0.05) is 0 Å². The molecule has 0 radical (unpaired) electrons. The fourth-order valence-corrected chi connectivity index (χ4v) is 3.87. The molecule has 0 aromatic heterocycles. The third-order valence-electron chi connectivity index (χ3n) is 5.63. The van der Waals surface area contributed by atoms with Crippen molar-refractivity contribution in [3.63, 3.8) is 0 Å². The van der Waals surface area contributed by atoms with Gasteiger partial charge in [-0.25, -0.2) is 9.38 Å². The van der Waals surface area contributed by atoms with E-state index in [1.807, 2.05) is 16.7 Å². The maximum absolute atomic E-state index is 13.1. The predicted molar refractivity (Wildman–Crippen MR) is 135 cm³/mol. The van der Waals surface area contributed by atoms with Crippen molar-refractivity contribution in [3.8, 4) is 0 Å². The van der Waals surface area contributed by atoms with E-state index in [0.29, 0.717) is 38.6 Å². The lowest BCUT2D eigenvalue weighted by Gasteiger charge is -2.36. The number of likely N-dealkylation sites (tertiary alicyclic amines) is 1. The molecule has 1 aromatic carbocycles. The van der Waals surface area contributed by atoms with Crippen LogP contribution in [0.4, 0.5) is 10.1 Å². The van der Waals surface area contributed by atoms with Crippen molar-refractivity contribution in [2.45, 2.75) is 26.2 Å². The Bertz CT molecular complexity index is 762. The summed E-state index contributed by atoms with van der Waals surface area (Å²) < 4.78 is 13.1. The summed E-state index contributed by atoms with van der Waals surface area (Å²) in [6.45, 7) is 7.62. The summed E-state index contributed by atoms with van der Waals surface area (Å²) in [7, 11) is 0. The predicted octanol–water partition coefficient (Wildman–Crippen LogP) is 1.66. The Labute approximate surface area is 206 Å². The third kappa shape index (κ3) is 7.79. The van der Waals surface area contributed by atoms with Gasteiger partial charge >= 0.3 is 0 Å². The third-order valence-corrected chi connectivity index (χ3v) is 5.63. The van der Waals surface area contributed by atoms with Gasteiger partial charge in [0.15, 0.2) is 5.96 Å². The summed E-state index contributed by atoms with van der Waals surface area (Å²) in [6, 6.07) is 6.46. The molecule has 3 rings (SSSR count). The lowest BCUT2D eigenvalue weighted by atomic mass is 10.2. The van der Waals surface area contributed by atoms with E-state index in [9.17, 15) is 14.0 Å². The number of benzene rings is 1. The second kappa shape index (κ2) is 13.4. The average molecular weight is 560 g/mol. The van der Waals surface area contributed by atoms with Crippen LogP contribution in [0.2, 0.25) is 0 Å². The van der Waals surface area contributed by atoms with Crippen LogP contribution in [0.15, 0.2) is 29.3 Å². The number of anilines is 1. The monoisotopic (exact) mass is 560 g/mol. The molecule has 0 bridgehead atoms. The highest BCUT2D eigenvalue weighted by Crippen LogP contribution is 2.17. The molecule has 0 atom stereocenters. The van der Waals surface area contributed by atoms with E-state index in [0.717, 1.165) is 44.7 Å². The molecule has 2 fully saturated rings. The molecule has 2 heterocycles. The quantitative estimate of drug-likeness (QED) is 0.302. The first-order valence-corrected chi connectivity index (χ1v) is 11.1. The number of nitrogens with zero attached hydrogens (tertiary/aromatic N) is 4. The zero-order chi connectivity index (χ0) is 22.1. The number of halogens is 2. The van der Waals surface area contributed by atoms with Crippen LogP contribution in [0.1, 0.15) is 26.2 Å². The molecule has 32 heavy (non-hydrogen) atoms. The normalized spacial score (nSPS) is 16.6. The van der Waals surface area contributed by atoms with Gasteiger partial charge in [0, 0.05) is 64.5 Å². The Hall–Kier alpha value is -2.11. The fraction of sp³-hybridized carbons (Fsp3) is 0.591. The molecule has 2 aliphatic rings. The molecule has 0 aliphatic carbocycles. The number of carbonyl (C=O) groups is 2. The highest BCUT2D eigenvalue weighted by atomic mass is 127. The molecular weight excluding hydrogens is 526 g/mol. The van der Waals surface area contributed by atoms with Crippen molar-refractivity contribution in [3.05, 3.63) is 30.1 Å². The molecule has 0 saturated carbocycles. The first-order valence-electron chi connectivity index (χ1n) is 11.1. The Morgan fingerprint density at radius 3 is 2.19 bits per heavy atom. The van der Waals surface area contributed by atoms with Crippen molar-refractivity contribution < 1.29 is 14.0 Å². The van der Waals surface area contributed by atoms with Gasteiger partial charge in [0.25, 0.3) is 0 Å². The fourth-order valence-electron chi connectivity index (χ4n) is 3.87. The van der Waals surface area contributed by atoms with Crippen LogP contribution in [0.3, 0.4) is 0 Å². The molecule has 8 nitrogen and oxygen atoms in total. The molecule has 2 aliphatic heterocycles. The summed E-state index contributed by atoms with van der Waals surface area (Å²) in [4.78, 5) is 35.0. The van der Waals surface area contributed by atoms with Crippen molar-refractivity contribution in [1.29, 1.82) is 0 Å². The van der Waals surface area contributed by atoms with Crippen molar-refractivity contribution in [2.24, 2.45) is 4.99 Å². The lowest BCUT2D eigenvalue weighted by Crippen LogP contribution is -2.49. The molecule has 1 aromatic rings. The van der Waals surface area contributed by atoms with Gasteiger partial charge in [0.05, 0.1) is 0 Å². The van der Waals surface area contributed by atoms with Crippen molar-refractivity contribution >= 4 is 47.4 Å². The molecule has 2 amide bonds. The van der Waals surface area contributed by atoms with Crippen LogP contribution in [-0.4, -0.2) is 86.5 Å². The van der Waals surface area contributed by atoms with Gasteiger partial charge < -0.3 is 25.3 Å². The number of rotatable bonds is 7. The largest absolute Gasteiger partial charge is 0.368 e. The second-order valence-electron chi connectivity index (χ2n) is 7.80. The van der Waals surface area contributed by atoms with Gasteiger partial charge in [-0.2, -0.15) is 0 Å². The highest BCUT2D eigenvalue weighted by molar-refractivity contribution is 14.0. The van der Waals surface area contributed by atoms with Crippen LogP contribution in [0, 0.1) is 5.82 Å². The minimum absolute atomic E-state index is 0. The number of nitrogens with one attached hydrogen (secondary N) is 2. The van der Waals surface area contributed by atoms with Gasteiger partial charge in [0.2, 0.25) is 11.8 Å². The molecule has 178 valence electrons. The van der Waals surface area contributed by atoms with Crippen molar-refractivity contribution in [1.82, 2.24) is 20.4 Å². The maximum atomic E-state index is 13.1. The number of carbonyl (C=O) groups excluding carboxylic acids is 2. The van der Waals surface area contributed by atoms with E-state index in [4.69, 9.17) is 0 Å². The number of hydrogen-bond donors (Lipinski definition) is 2. The van der Waals surface area contributed by atoms with Crippen LogP contribution in [0.25, 0.3) is 0 Å². The SMILES string of the molecule is CCNC(=NCC(=O)N1CCCC1)NCCC(=O)N1CCN(c2ccc(F)cc2)CC1.I. The zero-order valence-electron chi connectivity index (χ0n) is 18.7. The number of aliphatic imine (C=N–C) groups is 1. The second-order valence-corrected chi connectivity index (χ2v) is 7.80. The van der Waals surface area contributed by atoms with E-state index in [1.54, 1.807) is 12.1 Å². The van der Waals surface area contributed by atoms with E-state index < -0.39 is 0 Å². The summed E-state index contributed by atoms with van der Waals surface area (Å²) in [5.41, 5.74) is 0.977. The first kappa shape index (κ1) is 26.1. The molecule has 2 N–H and O–H groups in total. The van der Waals surface area contributed by atoms with Crippen LogP contribution in [-0.2, 0) is 9.59 Å². The minimum atomic E-state index is -0.244. The van der Waals surface area contributed by atoms with E-state index in [1.165, 1.54) is 12.1 Å². The Morgan fingerprint density at radius 1 is 0.938 bits per heavy atom. The maximum Gasteiger partial charge on any atom is 0.244 e. The average Bonchev–Trinajstić information content (AvgIpc) is 3.33. The minimum Gasteiger partial charge on any atom is -0.368 e. The van der Waals surface area contributed by atoms with E-state index in [-0.39, 0.29) is 48.2 Å². The molecule has 0 spiro atoms. The number of piperazine rings is 1. The summed E-state index contributed by atoms with van der Waals surface area (Å²) in [5, 5.41) is 6.27. The molecular formula is C22H34FIN6O2. The standard InChI is InChI=1S/C22H33FN6O2.HI/c1-2-24-22(26-17-21(31)28-11-3-4-12-28)25-10-9-20(30)29-15-13-27(14-16-29)19-7-5-18(23)6-8-19;/h5-8H,2-4,9-17H2,1H3,(H2,24,25,26);1H. The van der Waals surface area contributed by atoms with Crippen LogP contribution in [0.5, 0.6) is 0 Å². The van der Waals surface area contributed by atoms with Gasteiger partial charge in [-0.3, -0.25) is 9.59 Å². The molecule has 0 unspecified atom stereocenters. The number of amides is 2. The van der Waals surface area contributed by atoms with Gasteiger partial charge in [0.1, 0.15) is 12.4 Å². The first-order chi connectivity index (χ1) is 15.1.